The minimum absolute atomic E-state index is 1.17. The maximum absolute atomic E-state index is 8.89. The first-order valence-corrected chi connectivity index (χ1v) is 25.4. The van der Waals surface area contributed by atoms with Crippen LogP contribution < -0.4 is 0 Å². The molecule has 1 rings (SSSR count). The number of quaternary nitrogens is 1. The van der Waals surface area contributed by atoms with Crippen molar-refractivity contribution in [2.45, 2.75) is 27.3 Å². The molecule has 0 fully saturated rings. The molecule has 0 radical (unpaired) electrons. The van der Waals surface area contributed by atoms with Crippen LogP contribution in [0.1, 0.15) is 26.3 Å². The van der Waals surface area contributed by atoms with Crippen LogP contribution >= 0.6 is 110 Å². The van der Waals surface area contributed by atoms with Gasteiger partial charge >= 0.3 is 74.7 Å². The lowest BCUT2D eigenvalue weighted by Gasteiger charge is -2.35. The van der Waals surface area contributed by atoms with Gasteiger partial charge in [0, 0.05) is 41.2 Å². The number of nitrogens with zero attached hydrogens (tertiary/aromatic N) is 1. The Bertz CT molecular complexity index is 703. The highest BCUT2D eigenvalue weighted by Crippen LogP contribution is 2.13. The lowest BCUT2D eigenvalue weighted by Crippen LogP contribution is -2.46. The highest BCUT2D eigenvalue weighted by Gasteiger charge is 2.20. The lowest BCUT2D eigenvalue weighted by atomic mass is 10.2. The number of halogens is 8. The number of hydrogen-bond acceptors (Lipinski definition) is 8. The van der Waals surface area contributed by atoms with Crippen LogP contribution in [0.5, 0.6) is 0 Å². The van der Waals surface area contributed by atoms with Gasteiger partial charge in [0.1, 0.15) is 6.54 Å². The molecule has 1 aromatic carbocycles. The first kappa shape index (κ1) is 38.9. The molecule has 0 amide bonds. The van der Waals surface area contributed by atoms with Gasteiger partial charge in [0.25, 0.3) is 0 Å². The van der Waals surface area contributed by atoms with Gasteiger partial charge in [0.2, 0.25) is 0 Å². The van der Waals surface area contributed by atoms with Crippen molar-refractivity contribution in [3.63, 3.8) is 0 Å². The van der Waals surface area contributed by atoms with Gasteiger partial charge in [-0.1, -0.05) is 30.3 Å². The molecular weight excluding hydrogens is 948 g/mol. The summed E-state index contributed by atoms with van der Waals surface area (Å²) in [5, 5.41) is 0. The second-order valence-electron chi connectivity index (χ2n) is 4.65. The molecule has 9 nitrogen and oxygen atoms in total. The fraction of sp³-hybridized carbons (Fsp3) is 0.538. The van der Waals surface area contributed by atoms with Gasteiger partial charge in [-0.15, -0.1) is 0 Å². The summed E-state index contributed by atoms with van der Waals surface area (Å²) in [5.74, 6) is 0. The fourth-order valence-electron chi connectivity index (χ4n) is 1.98. The van der Waals surface area contributed by atoms with Gasteiger partial charge in [-0.05, 0) is 20.8 Å². The molecule has 0 aliphatic rings. The molecule has 0 aliphatic carbocycles. The standard InChI is InChI=1S/C13H22N.4ClIO2/c1-4-14(5-2,6-3)12-13-10-8-7-9-11-13;4*1-2(3)4/h7-11H,4-6,12H2,1-3H3;;;;/q+1;;;;. The third-order valence-electron chi connectivity index (χ3n) is 3.37. The molecule has 0 saturated carbocycles. The van der Waals surface area contributed by atoms with E-state index in [-0.39, 0.29) is 0 Å². The van der Waals surface area contributed by atoms with Crippen LogP contribution in [-0.4, -0.2) is 24.1 Å². The monoisotopic (exact) mass is 968 g/mol. The minimum atomic E-state index is -3.29. The first-order valence-electron chi connectivity index (χ1n) is 7.46. The normalized spacial score (nSPS) is 9.97. The van der Waals surface area contributed by atoms with E-state index in [1.807, 2.05) is 0 Å². The average molecular weight is 970 g/mol. The molecule has 0 heterocycles. The van der Waals surface area contributed by atoms with E-state index < -0.39 is 74.7 Å². The van der Waals surface area contributed by atoms with E-state index in [2.05, 4.69) is 86.7 Å². The van der Waals surface area contributed by atoms with Crippen LogP contribution in [0, 0.1) is 0 Å². The predicted molar refractivity (Wildman–Crippen MR) is 147 cm³/mol. The summed E-state index contributed by atoms with van der Waals surface area (Å²) in [4.78, 5) is 0. The van der Waals surface area contributed by atoms with E-state index in [0.29, 0.717) is 0 Å². The topological polar surface area (TPSA) is 137 Å². The fourth-order valence-corrected chi connectivity index (χ4v) is 1.98. The van der Waals surface area contributed by atoms with Crippen LogP contribution in [0.25, 0.3) is 0 Å². The Kier molecular flexibility index (Phi) is 34.9. The highest BCUT2D eigenvalue weighted by molar-refractivity contribution is 14.2. The number of hydrogen-bond donors (Lipinski definition) is 0. The largest absolute Gasteiger partial charge is 0.409 e. The molecule has 0 N–H and O–H groups in total. The van der Waals surface area contributed by atoms with E-state index in [1.54, 1.807) is 0 Å². The Labute approximate surface area is 218 Å². The third-order valence-corrected chi connectivity index (χ3v) is 3.37. The molecule has 0 unspecified atom stereocenters. The average Bonchev–Trinajstić information content (AvgIpc) is 2.59. The highest BCUT2D eigenvalue weighted by atomic mass is 127. The molecule has 1 aromatic rings. The van der Waals surface area contributed by atoms with Crippen molar-refractivity contribution in [3.8, 4) is 0 Å². The van der Waals surface area contributed by atoms with E-state index in [9.17, 15) is 0 Å². The second kappa shape index (κ2) is 26.9. The van der Waals surface area contributed by atoms with Crippen LogP contribution in [0.3, 0.4) is 0 Å². The van der Waals surface area contributed by atoms with Crippen molar-refractivity contribution in [3.05, 3.63) is 35.9 Å². The van der Waals surface area contributed by atoms with Gasteiger partial charge in [-0.3, -0.25) is 0 Å². The molecule has 30 heavy (non-hydrogen) atoms. The number of benzene rings is 1. The second-order valence-corrected chi connectivity index (χ2v) is 15.0. The summed E-state index contributed by atoms with van der Waals surface area (Å²) in [6.07, 6.45) is 0. The molecule has 0 bridgehead atoms. The van der Waals surface area contributed by atoms with Gasteiger partial charge in [0.05, 0.1) is 19.6 Å². The van der Waals surface area contributed by atoms with Gasteiger partial charge in [-0.25, -0.2) is 24.6 Å². The van der Waals surface area contributed by atoms with Crippen molar-refractivity contribution in [2.75, 3.05) is 19.6 Å². The Hall–Kier alpha value is 1.66. The summed E-state index contributed by atoms with van der Waals surface area (Å²) in [5.41, 5.74) is 1.46. The van der Waals surface area contributed by atoms with Gasteiger partial charge in [-0.2, -0.15) is 0 Å². The van der Waals surface area contributed by atoms with Crippen molar-refractivity contribution in [1.29, 1.82) is 0 Å². The predicted octanol–water partition coefficient (Wildman–Crippen LogP) is 8.41. The molecule has 17 heteroatoms. The SMILES string of the molecule is CC[N+](CC)(CC)Cc1ccccc1.O=I(=O)Cl.O=I(=O)Cl.O=I(=O)Cl.O=I(=O)Cl. The van der Waals surface area contributed by atoms with Crippen LogP contribution in [0.15, 0.2) is 30.3 Å². The van der Waals surface area contributed by atoms with Gasteiger partial charge in [0.15, 0.2) is 0 Å². The summed E-state index contributed by atoms with van der Waals surface area (Å²) >= 11 is -13.2. The molecule has 182 valence electrons. The summed E-state index contributed by atoms with van der Waals surface area (Å²) in [7, 11) is 17.3. The molecule has 0 atom stereocenters. The Morgan fingerprint density at radius 3 is 1.03 bits per heavy atom. The van der Waals surface area contributed by atoms with E-state index in [0.717, 1.165) is 0 Å². The summed E-state index contributed by atoms with van der Waals surface area (Å²) < 4.78 is 72.4. The molecule has 0 aliphatic heterocycles. The molecule has 0 aromatic heterocycles. The van der Waals surface area contributed by atoms with Crippen molar-refractivity contribution < 1.29 is 29.0 Å². The quantitative estimate of drug-likeness (QED) is 0.212. The van der Waals surface area contributed by atoms with Crippen molar-refractivity contribution in [2.24, 2.45) is 0 Å². The zero-order valence-corrected chi connectivity index (χ0v) is 27.6. The first-order chi connectivity index (χ1) is 13.7. The van der Waals surface area contributed by atoms with Crippen molar-refractivity contribution in [1.82, 2.24) is 0 Å². The third kappa shape index (κ3) is 43.5. The van der Waals surface area contributed by atoms with Crippen LogP contribution in [0.4, 0.5) is 0 Å². The number of rotatable bonds is 5. The van der Waals surface area contributed by atoms with E-state index in [4.69, 9.17) is 24.6 Å². The van der Waals surface area contributed by atoms with Crippen LogP contribution in [-0.2, 0) is 31.1 Å². The zero-order chi connectivity index (χ0) is 24.8. The Morgan fingerprint density at radius 2 is 0.833 bits per heavy atom. The lowest BCUT2D eigenvalue weighted by molar-refractivity contribution is -0.936. The van der Waals surface area contributed by atoms with E-state index >= 15 is 0 Å². The molecular formula is C13H22Cl4I4NO8+. The Morgan fingerprint density at radius 1 is 0.600 bits per heavy atom. The summed E-state index contributed by atoms with van der Waals surface area (Å²) in [6.45, 7) is 11.7. The molecule has 0 spiro atoms. The zero-order valence-electron chi connectivity index (χ0n) is 16.0. The maximum atomic E-state index is 8.89. The van der Waals surface area contributed by atoms with Gasteiger partial charge < -0.3 is 4.48 Å². The molecule has 0 saturated heterocycles. The van der Waals surface area contributed by atoms with Crippen molar-refractivity contribution >= 4 is 110 Å². The van der Waals surface area contributed by atoms with E-state index in [1.165, 1.54) is 36.2 Å². The van der Waals surface area contributed by atoms with Crippen LogP contribution in [0.2, 0.25) is 0 Å². The maximum Gasteiger partial charge on any atom is 0.409 e. The summed E-state index contributed by atoms with van der Waals surface area (Å²) in [6, 6.07) is 10.8. The Balaban J connectivity index is -0.000000174. The minimum Gasteiger partial charge on any atom is -0.321 e. The smallest absolute Gasteiger partial charge is 0.321 e.